The first-order valence-electron chi connectivity index (χ1n) is 10.4. The number of halogens is 1. The summed E-state index contributed by atoms with van der Waals surface area (Å²) in [6.45, 7) is 10.5. The van der Waals surface area contributed by atoms with Gasteiger partial charge in [0.05, 0.1) is 6.54 Å². The molecule has 1 heterocycles. The highest BCUT2D eigenvalue weighted by atomic mass is 79.9. The number of rotatable bonds is 14. The number of amides is 1. The molecule has 0 spiro atoms. The van der Waals surface area contributed by atoms with Gasteiger partial charge in [-0.15, -0.1) is 0 Å². The molecule has 26 heavy (non-hydrogen) atoms. The van der Waals surface area contributed by atoms with E-state index in [0.29, 0.717) is 0 Å². The Balaban J connectivity index is 0.00000625. The number of unbranched alkanes of at least 4 members (excludes halogenated alkanes) is 7. The van der Waals surface area contributed by atoms with Gasteiger partial charge in [0.2, 0.25) is 6.33 Å². The smallest absolute Gasteiger partial charge is 0.265 e. The topological polar surface area (TPSA) is 37.9 Å². The summed E-state index contributed by atoms with van der Waals surface area (Å²) in [5, 5.41) is 3.08. The van der Waals surface area contributed by atoms with Crippen LogP contribution in [0, 0.1) is 5.92 Å². The molecule has 0 radical (unpaired) electrons. The van der Waals surface area contributed by atoms with Crippen LogP contribution in [-0.2, 0) is 11.3 Å². The van der Waals surface area contributed by atoms with E-state index >= 15 is 0 Å². The number of nitrogens with one attached hydrogen (secondary N) is 1. The van der Waals surface area contributed by atoms with Gasteiger partial charge in [-0.25, -0.2) is 9.13 Å². The highest BCUT2D eigenvalue weighted by Crippen LogP contribution is 2.17. The molecule has 0 aliphatic carbocycles. The molecular weight excluding hydrogens is 390 g/mol. The third kappa shape index (κ3) is 9.75. The summed E-state index contributed by atoms with van der Waals surface area (Å²) in [7, 11) is 0. The lowest BCUT2D eigenvalue weighted by molar-refractivity contribution is -0.697. The van der Waals surface area contributed by atoms with Gasteiger partial charge < -0.3 is 22.3 Å². The summed E-state index contributed by atoms with van der Waals surface area (Å²) in [5.41, 5.74) is 0. The second-order valence-electron chi connectivity index (χ2n) is 7.55. The molecule has 5 heteroatoms. The summed E-state index contributed by atoms with van der Waals surface area (Å²) >= 11 is 0. The van der Waals surface area contributed by atoms with Gasteiger partial charge in [0.15, 0.2) is 6.04 Å². The monoisotopic (exact) mass is 429 g/mol. The van der Waals surface area contributed by atoms with Crippen molar-refractivity contribution in [2.45, 2.75) is 98.1 Å². The number of carbonyl (C=O) groups is 1. The van der Waals surface area contributed by atoms with Crippen molar-refractivity contribution in [3.8, 4) is 0 Å². The zero-order valence-electron chi connectivity index (χ0n) is 17.3. The molecule has 4 nitrogen and oxygen atoms in total. The van der Waals surface area contributed by atoms with Gasteiger partial charge >= 0.3 is 0 Å². The summed E-state index contributed by atoms with van der Waals surface area (Å²) < 4.78 is 4.30. The van der Waals surface area contributed by atoms with Crippen LogP contribution in [0.3, 0.4) is 0 Å². The van der Waals surface area contributed by atoms with Gasteiger partial charge in [0.1, 0.15) is 12.4 Å². The first-order chi connectivity index (χ1) is 12.1. The van der Waals surface area contributed by atoms with E-state index in [9.17, 15) is 4.79 Å². The average Bonchev–Trinajstić information content (AvgIpc) is 3.02. The fourth-order valence-electron chi connectivity index (χ4n) is 3.23. The van der Waals surface area contributed by atoms with Crippen molar-refractivity contribution < 1.29 is 26.3 Å². The van der Waals surface area contributed by atoms with Gasteiger partial charge in [-0.3, -0.25) is 4.79 Å². The zero-order chi connectivity index (χ0) is 18.5. The number of imidazole rings is 1. The Kier molecular flexibility index (Phi) is 14.7. The lowest BCUT2D eigenvalue weighted by Gasteiger charge is -2.17. The quantitative estimate of drug-likeness (QED) is 0.354. The minimum absolute atomic E-state index is 0. The van der Waals surface area contributed by atoms with E-state index in [1.54, 1.807) is 0 Å². The van der Waals surface area contributed by atoms with E-state index in [4.69, 9.17) is 0 Å². The SMILES string of the molecule is CCCCCCCCC[n+]1ccn([C@H](C(=O)NCCCC)C(C)C)c1.[Br-]. The van der Waals surface area contributed by atoms with Crippen LogP contribution in [0.15, 0.2) is 18.7 Å². The minimum Gasteiger partial charge on any atom is -1.00 e. The Hall–Kier alpha value is -0.840. The molecule has 0 saturated heterocycles. The molecule has 0 saturated carbocycles. The maximum atomic E-state index is 12.5. The van der Waals surface area contributed by atoms with E-state index in [2.05, 4.69) is 54.7 Å². The lowest BCUT2D eigenvalue weighted by Crippen LogP contribution is -3.00. The predicted octanol–water partition coefficient (Wildman–Crippen LogP) is 1.64. The molecule has 0 aliphatic heterocycles. The standard InChI is InChI=1S/C21H39N3O.BrH/c1-5-7-9-10-11-12-13-15-23-16-17-24(18-23)20(19(3)4)21(25)22-14-8-6-2;/h16-20H,5-15H2,1-4H3;1H/t20-;/m0./s1. The van der Waals surface area contributed by atoms with Crippen LogP contribution in [0.5, 0.6) is 0 Å². The Labute approximate surface area is 171 Å². The molecule has 1 rings (SSSR count). The third-order valence-corrected chi connectivity index (χ3v) is 4.78. The van der Waals surface area contributed by atoms with Crippen LogP contribution >= 0.6 is 0 Å². The van der Waals surface area contributed by atoms with Gasteiger partial charge in [0.25, 0.3) is 5.91 Å². The van der Waals surface area contributed by atoms with Crippen molar-refractivity contribution in [2.24, 2.45) is 5.92 Å². The van der Waals surface area contributed by atoms with E-state index in [0.717, 1.165) is 25.9 Å². The Bertz CT molecular complexity index is 474. The van der Waals surface area contributed by atoms with E-state index < -0.39 is 0 Å². The lowest BCUT2D eigenvalue weighted by atomic mass is 10.0. The van der Waals surface area contributed by atoms with Crippen LogP contribution in [-0.4, -0.2) is 17.0 Å². The molecule has 0 aliphatic rings. The zero-order valence-corrected chi connectivity index (χ0v) is 18.9. The molecule has 1 aromatic heterocycles. The first-order valence-corrected chi connectivity index (χ1v) is 10.4. The molecule has 0 fully saturated rings. The number of carbonyl (C=O) groups excluding carboxylic acids is 1. The van der Waals surface area contributed by atoms with Crippen LogP contribution in [0.2, 0.25) is 0 Å². The highest BCUT2D eigenvalue weighted by Gasteiger charge is 2.28. The van der Waals surface area contributed by atoms with Crippen molar-refractivity contribution in [3.63, 3.8) is 0 Å². The maximum Gasteiger partial charge on any atom is 0.265 e. The number of hydrogen-bond acceptors (Lipinski definition) is 1. The van der Waals surface area contributed by atoms with Crippen molar-refractivity contribution in [3.05, 3.63) is 18.7 Å². The Morgan fingerprint density at radius 1 is 1.00 bits per heavy atom. The molecule has 1 N–H and O–H groups in total. The fraction of sp³-hybridized carbons (Fsp3) is 0.810. The van der Waals surface area contributed by atoms with Crippen molar-refractivity contribution in [1.29, 1.82) is 0 Å². The van der Waals surface area contributed by atoms with Crippen molar-refractivity contribution in [2.75, 3.05) is 6.54 Å². The second-order valence-corrected chi connectivity index (χ2v) is 7.55. The molecule has 1 atom stereocenters. The number of hydrogen-bond donors (Lipinski definition) is 1. The first kappa shape index (κ1) is 25.2. The van der Waals surface area contributed by atoms with Gasteiger partial charge in [0, 0.05) is 12.5 Å². The number of aromatic nitrogens is 2. The molecule has 1 aromatic rings. The second kappa shape index (κ2) is 15.2. The normalized spacial score (nSPS) is 12.0. The molecule has 0 aromatic carbocycles. The summed E-state index contributed by atoms with van der Waals surface area (Å²) in [6, 6.07) is -0.118. The van der Waals surface area contributed by atoms with Gasteiger partial charge in [-0.05, 0) is 19.3 Å². The van der Waals surface area contributed by atoms with Gasteiger partial charge in [-0.2, -0.15) is 0 Å². The molecule has 0 bridgehead atoms. The van der Waals surface area contributed by atoms with Crippen LogP contribution in [0.4, 0.5) is 0 Å². The van der Waals surface area contributed by atoms with E-state index in [1.807, 2.05) is 6.20 Å². The summed E-state index contributed by atoms with van der Waals surface area (Å²) in [4.78, 5) is 12.5. The average molecular weight is 430 g/mol. The molecule has 1 amide bonds. The van der Waals surface area contributed by atoms with Gasteiger partial charge in [-0.1, -0.05) is 66.2 Å². The van der Waals surface area contributed by atoms with Crippen molar-refractivity contribution >= 4 is 5.91 Å². The third-order valence-electron chi connectivity index (χ3n) is 4.78. The predicted molar refractivity (Wildman–Crippen MR) is 104 cm³/mol. The maximum absolute atomic E-state index is 12.5. The van der Waals surface area contributed by atoms with E-state index in [-0.39, 0.29) is 34.8 Å². The molecular formula is C21H40BrN3O. The van der Waals surface area contributed by atoms with Crippen LogP contribution < -0.4 is 26.9 Å². The van der Waals surface area contributed by atoms with E-state index in [1.165, 1.54) is 44.9 Å². The Morgan fingerprint density at radius 2 is 1.62 bits per heavy atom. The van der Waals surface area contributed by atoms with Crippen LogP contribution in [0.1, 0.15) is 91.5 Å². The summed E-state index contributed by atoms with van der Waals surface area (Å²) in [6.07, 6.45) is 17.7. The minimum atomic E-state index is -0.118. The van der Waals surface area contributed by atoms with Crippen molar-refractivity contribution in [1.82, 2.24) is 9.88 Å². The number of aryl methyl sites for hydroxylation is 1. The Morgan fingerprint density at radius 3 is 2.23 bits per heavy atom. The molecule has 0 unspecified atom stereocenters. The fourth-order valence-corrected chi connectivity index (χ4v) is 3.23. The van der Waals surface area contributed by atoms with Crippen LogP contribution in [0.25, 0.3) is 0 Å². The highest BCUT2D eigenvalue weighted by molar-refractivity contribution is 5.80. The molecule has 152 valence electrons. The largest absolute Gasteiger partial charge is 1.00 e. The summed E-state index contributed by atoms with van der Waals surface area (Å²) in [5.74, 6) is 0.420. The number of nitrogens with zero attached hydrogens (tertiary/aromatic N) is 2.